The second-order valence-electron chi connectivity index (χ2n) is 4.60. The van der Waals surface area contributed by atoms with Crippen LogP contribution in [0.15, 0.2) is 18.5 Å². The molecule has 98 valence electrons. The summed E-state index contributed by atoms with van der Waals surface area (Å²) in [5, 5.41) is 8.91. The molecule has 1 saturated heterocycles. The number of aliphatic carboxylic acids is 1. The zero-order valence-corrected chi connectivity index (χ0v) is 10.5. The highest BCUT2D eigenvalue weighted by molar-refractivity contribution is 5.67. The van der Waals surface area contributed by atoms with Crippen molar-refractivity contribution in [1.29, 1.82) is 0 Å². The Kier molecular flexibility index (Phi) is 4.28. The Morgan fingerprint density at radius 3 is 3.22 bits per heavy atom. The minimum atomic E-state index is -0.779. The van der Waals surface area contributed by atoms with Gasteiger partial charge in [0.25, 0.3) is 0 Å². The normalized spacial score (nSPS) is 20.8. The number of rotatable bonds is 4. The van der Waals surface area contributed by atoms with Crippen molar-refractivity contribution in [3.05, 3.63) is 29.6 Å². The van der Waals surface area contributed by atoms with Gasteiger partial charge in [0.15, 0.2) is 0 Å². The van der Waals surface area contributed by atoms with Crippen LogP contribution in [0.3, 0.4) is 0 Å². The summed E-state index contributed by atoms with van der Waals surface area (Å²) >= 11 is 0. The zero-order valence-electron chi connectivity index (χ0n) is 10.5. The molecule has 0 saturated carbocycles. The summed E-state index contributed by atoms with van der Waals surface area (Å²) in [5.74, 6) is -0.779. The predicted molar refractivity (Wildman–Crippen MR) is 66.2 cm³/mol. The van der Waals surface area contributed by atoms with E-state index < -0.39 is 5.97 Å². The van der Waals surface area contributed by atoms with Gasteiger partial charge in [0.1, 0.15) is 0 Å². The Morgan fingerprint density at radius 1 is 1.67 bits per heavy atom. The molecule has 0 radical (unpaired) electrons. The number of aryl methyl sites for hydroxylation is 1. The highest BCUT2D eigenvalue weighted by Crippen LogP contribution is 2.16. The van der Waals surface area contributed by atoms with Crippen LogP contribution in [0.4, 0.5) is 0 Å². The van der Waals surface area contributed by atoms with Gasteiger partial charge in [-0.1, -0.05) is 0 Å². The lowest BCUT2D eigenvalue weighted by atomic mass is 10.1. The molecule has 5 heteroatoms. The van der Waals surface area contributed by atoms with E-state index in [1.807, 2.05) is 19.2 Å². The molecule has 1 aromatic rings. The standard InChI is InChI=1S/C13H18N2O3/c1-10-2-3-14-7-11(10)8-15-4-5-18-9-12(15)6-13(16)17/h2-3,7,12H,4-6,8-9H2,1H3,(H,16,17). The van der Waals surface area contributed by atoms with Crippen molar-refractivity contribution in [2.24, 2.45) is 0 Å². The molecule has 1 unspecified atom stereocenters. The summed E-state index contributed by atoms with van der Waals surface area (Å²) in [6.07, 6.45) is 3.74. The molecule has 1 fully saturated rings. The molecule has 0 aromatic carbocycles. The van der Waals surface area contributed by atoms with Gasteiger partial charge in [-0.05, 0) is 24.1 Å². The van der Waals surface area contributed by atoms with Crippen molar-refractivity contribution in [1.82, 2.24) is 9.88 Å². The Labute approximate surface area is 106 Å². The highest BCUT2D eigenvalue weighted by atomic mass is 16.5. The van der Waals surface area contributed by atoms with Crippen LogP contribution in [0.1, 0.15) is 17.5 Å². The largest absolute Gasteiger partial charge is 0.481 e. The third kappa shape index (κ3) is 3.27. The number of hydrogen-bond donors (Lipinski definition) is 1. The number of carboxylic acid groups (broad SMARTS) is 1. The van der Waals surface area contributed by atoms with Crippen LogP contribution in [0, 0.1) is 6.92 Å². The summed E-state index contributed by atoms with van der Waals surface area (Å²) in [4.78, 5) is 17.1. The third-order valence-electron chi connectivity index (χ3n) is 3.28. The molecule has 1 aromatic heterocycles. The van der Waals surface area contributed by atoms with Crippen LogP contribution in [0.25, 0.3) is 0 Å². The quantitative estimate of drug-likeness (QED) is 0.866. The Hall–Kier alpha value is -1.46. The van der Waals surface area contributed by atoms with Crippen molar-refractivity contribution in [2.75, 3.05) is 19.8 Å². The average molecular weight is 250 g/mol. The van der Waals surface area contributed by atoms with Crippen molar-refractivity contribution in [2.45, 2.75) is 25.9 Å². The van der Waals surface area contributed by atoms with E-state index in [1.54, 1.807) is 6.20 Å². The first kappa shape index (κ1) is 13.0. The molecule has 0 bridgehead atoms. The number of hydrogen-bond acceptors (Lipinski definition) is 4. The molecule has 0 aliphatic carbocycles. The van der Waals surface area contributed by atoms with Gasteiger partial charge in [-0.2, -0.15) is 0 Å². The van der Waals surface area contributed by atoms with Crippen LogP contribution in [0.2, 0.25) is 0 Å². The lowest BCUT2D eigenvalue weighted by Crippen LogP contribution is -2.46. The topological polar surface area (TPSA) is 62.7 Å². The molecule has 1 aliphatic rings. The molecule has 2 rings (SSSR count). The minimum absolute atomic E-state index is 0.0455. The first-order chi connectivity index (χ1) is 8.66. The molecular weight excluding hydrogens is 232 g/mol. The molecule has 0 spiro atoms. The summed E-state index contributed by atoms with van der Waals surface area (Å²) in [7, 11) is 0. The maximum Gasteiger partial charge on any atom is 0.305 e. The Bertz CT molecular complexity index is 422. The smallest absolute Gasteiger partial charge is 0.305 e. The zero-order chi connectivity index (χ0) is 13.0. The third-order valence-corrected chi connectivity index (χ3v) is 3.28. The first-order valence-electron chi connectivity index (χ1n) is 6.10. The summed E-state index contributed by atoms with van der Waals surface area (Å²) in [6.45, 7) is 4.71. The minimum Gasteiger partial charge on any atom is -0.481 e. The van der Waals surface area contributed by atoms with Gasteiger partial charge < -0.3 is 9.84 Å². The number of pyridine rings is 1. The van der Waals surface area contributed by atoms with Gasteiger partial charge >= 0.3 is 5.97 Å². The van der Waals surface area contributed by atoms with E-state index in [4.69, 9.17) is 9.84 Å². The SMILES string of the molecule is Cc1ccncc1CN1CCOCC1CC(=O)O. The second-order valence-corrected chi connectivity index (χ2v) is 4.60. The molecular formula is C13H18N2O3. The lowest BCUT2D eigenvalue weighted by Gasteiger charge is -2.35. The Balaban J connectivity index is 2.05. The highest BCUT2D eigenvalue weighted by Gasteiger charge is 2.25. The van der Waals surface area contributed by atoms with E-state index in [0.717, 1.165) is 18.7 Å². The summed E-state index contributed by atoms with van der Waals surface area (Å²) in [5.41, 5.74) is 2.33. The molecule has 1 N–H and O–H groups in total. The van der Waals surface area contributed by atoms with Crippen LogP contribution >= 0.6 is 0 Å². The molecule has 2 heterocycles. The van der Waals surface area contributed by atoms with Gasteiger partial charge in [-0.15, -0.1) is 0 Å². The van der Waals surface area contributed by atoms with Crippen LogP contribution in [-0.4, -0.2) is 46.8 Å². The summed E-state index contributed by atoms with van der Waals surface area (Å²) < 4.78 is 5.36. The van der Waals surface area contributed by atoms with E-state index in [2.05, 4.69) is 9.88 Å². The number of ether oxygens (including phenoxy) is 1. The number of aromatic nitrogens is 1. The monoisotopic (exact) mass is 250 g/mol. The molecule has 1 atom stereocenters. The van der Waals surface area contributed by atoms with Gasteiger partial charge in [0.2, 0.25) is 0 Å². The van der Waals surface area contributed by atoms with Gasteiger partial charge in [0, 0.05) is 31.5 Å². The lowest BCUT2D eigenvalue weighted by molar-refractivity contribution is -0.140. The molecule has 1 aliphatic heterocycles. The van der Waals surface area contributed by atoms with E-state index in [-0.39, 0.29) is 12.5 Å². The second kappa shape index (κ2) is 5.93. The van der Waals surface area contributed by atoms with Gasteiger partial charge in [0.05, 0.1) is 19.6 Å². The van der Waals surface area contributed by atoms with E-state index in [1.165, 1.54) is 5.56 Å². The number of morpholine rings is 1. The maximum atomic E-state index is 10.8. The number of carboxylic acids is 1. The van der Waals surface area contributed by atoms with Crippen LogP contribution < -0.4 is 0 Å². The average Bonchev–Trinajstić information content (AvgIpc) is 2.34. The molecule has 18 heavy (non-hydrogen) atoms. The maximum absolute atomic E-state index is 10.8. The molecule has 0 amide bonds. The van der Waals surface area contributed by atoms with Crippen molar-refractivity contribution in [3.63, 3.8) is 0 Å². The fraction of sp³-hybridized carbons (Fsp3) is 0.538. The van der Waals surface area contributed by atoms with E-state index >= 15 is 0 Å². The number of carbonyl (C=O) groups is 1. The molecule has 5 nitrogen and oxygen atoms in total. The van der Waals surface area contributed by atoms with Crippen molar-refractivity contribution in [3.8, 4) is 0 Å². The van der Waals surface area contributed by atoms with E-state index in [0.29, 0.717) is 13.2 Å². The van der Waals surface area contributed by atoms with Crippen LogP contribution in [0.5, 0.6) is 0 Å². The predicted octanol–water partition coefficient (Wildman–Crippen LogP) is 1.07. The Morgan fingerprint density at radius 2 is 2.50 bits per heavy atom. The van der Waals surface area contributed by atoms with Crippen molar-refractivity contribution >= 4 is 5.97 Å². The van der Waals surface area contributed by atoms with Crippen molar-refractivity contribution < 1.29 is 14.6 Å². The summed E-state index contributed by atoms with van der Waals surface area (Å²) in [6, 6.07) is 1.93. The fourth-order valence-electron chi connectivity index (χ4n) is 2.17. The van der Waals surface area contributed by atoms with Gasteiger partial charge in [-0.3, -0.25) is 14.7 Å². The van der Waals surface area contributed by atoms with Gasteiger partial charge in [-0.25, -0.2) is 0 Å². The first-order valence-corrected chi connectivity index (χ1v) is 6.10. The van der Waals surface area contributed by atoms with Crippen LogP contribution in [-0.2, 0) is 16.1 Å². The number of nitrogens with zero attached hydrogens (tertiary/aromatic N) is 2. The van der Waals surface area contributed by atoms with E-state index in [9.17, 15) is 4.79 Å². The fourth-order valence-corrected chi connectivity index (χ4v) is 2.17.